The van der Waals surface area contributed by atoms with E-state index in [1.165, 1.54) is 19.3 Å². The Bertz CT molecular complexity index is 270. The first kappa shape index (κ1) is 15.5. The number of nitrogens with zero attached hydrogens (tertiary/aromatic N) is 1. The zero-order valence-corrected chi connectivity index (χ0v) is 12.8. The van der Waals surface area contributed by atoms with Gasteiger partial charge in [0.15, 0.2) is 0 Å². The molecule has 1 fully saturated rings. The molecule has 0 aromatic carbocycles. The molecule has 106 valence electrons. The summed E-state index contributed by atoms with van der Waals surface area (Å²) in [6.07, 6.45) is 4.61. The van der Waals surface area contributed by atoms with E-state index in [1.54, 1.807) is 0 Å². The van der Waals surface area contributed by atoms with E-state index in [-0.39, 0.29) is 17.5 Å². The maximum absolute atomic E-state index is 12.3. The average molecular weight is 254 g/mol. The number of hydrogen-bond acceptors (Lipinski definition) is 2. The van der Waals surface area contributed by atoms with Crippen LogP contribution in [-0.4, -0.2) is 35.5 Å². The first-order valence-corrected chi connectivity index (χ1v) is 7.39. The summed E-state index contributed by atoms with van der Waals surface area (Å²) >= 11 is 0. The molecule has 0 aromatic rings. The summed E-state index contributed by atoms with van der Waals surface area (Å²) in [6, 6.07) is 0.0898. The van der Waals surface area contributed by atoms with Crippen LogP contribution in [0.3, 0.4) is 0 Å². The third-order valence-corrected chi connectivity index (χ3v) is 3.66. The zero-order valence-electron chi connectivity index (χ0n) is 12.8. The smallest absolute Gasteiger partial charge is 0.237 e. The molecule has 1 amide bonds. The number of piperidine rings is 1. The Labute approximate surface area is 112 Å². The lowest BCUT2D eigenvalue weighted by Gasteiger charge is -2.37. The lowest BCUT2D eigenvalue weighted by atomic mass is 9.97. The lowest BCUT2D eigenvalue weighted by molar-refractivity contribution is -0.129. The molecule has 0 aliphatic carbocycles. The van der Waals surface area contributed by atoms with Gasteiger partial charge < -0.3 is 5.32 Å². The molecule has 1 heterocycles. The van der Waals surface area contributed by atoms with E-state index in [1.807, 2.05) is 20.8 Å². The van der Waals surface area contributed by atoms with Crippen LogP contribution in [0.15, 0.2) is 0 Å². The Morgan fingerprint density at radius 3 is 2.61 bits per heavy atom. The van der Waals surface area contributed by atoms with Gasteiger partial charge in [0.2, 0.25) is 5.91 Å². The molecule has 1 saturated heterocycles. The molecule has 2 atom stereocenters. The van der Waals surface area contributed by atoms with Crippen LogP contribution in [0.25, 0.3) is 0 Å². The maximum Gasteiger partial charge on any atom is 0.237 e. The Hall–Kier alpha value is -0.570. The molecular formula is C15H30N2O. The van der Waals surface area contributed by atoms with Gasteiger partial charge in [0.05, 0.1) is 6.04 Å². The van der Waals surface area contributed by atoms with E-state index < -0.39 is 0 Å². The predicted octanol–water partition coefficient (Wildman–Crippen LogP) is 2.80. The average Bonchev–Trinajstić information content (AvgIpc) is 2.27. The highest BCUT2D eigenvalue weighted by atomic mass is 16.2. The fourth-order valence-electron chi connectivity index (χ4n) is 2.49. The lowest BCUT2D eigenvalue weighted by Crippen LogP contribution is -2.54. The Morgan fingerprint density at radius 1 is 1.39 bits per heavy atom. The van der Waals surface area contributed by atoms with Crippen molar-refractivity contribution in [3.05, 3.63) is 0 Å². The van der Waals surface area contributed by atoms with Crippen molar-refractivity contribution in [3.8, 4) is 0 Å². The molecule has 1 N–H and O–H groups in total. The number of likely N-dealkylation sites (tertiary alicyclic amines) is 1. The van der Waals surface area contributed by atoms with Crippen molar-refractivity contribution in [2.45, 2.75) is 71.9 Å². The third kappa shape index (κ3) is 4.97. The monoisotopic (exact) mass is 254 g/mol. The molecule has 1 rings (SSSR count). The van der Waals surface area contributed by atoms with E-state index >= 15 is 0 Å². The number of rotatable bonds is 4. The van der Waals surface area contributed by atoms with Gasteiger partial charge >= 0.3 is 0 Å². The van der Waals surface area contributed by atoms with Gasteiger partial charge in [-0.3, -0.25) is 9.69 Å². The Balaban J connectivity index is 2.61. The van der Waals surface area contributed by atoms with Crippen LogP contribution in [0, 0.1) is 5.92 Å². The van der Waals surface area contributed by atoms with E-state index in [4.69, 9.17) is 0 Å². The predicted molar refractivity (Wildman–Crippen MR) is 76.6 cm³/mol. The fraction of sp³-hybridized carbons (Fsp3) is 0.933. The highest BCUT2D eigenvalue weighted by molar-refractivity contribution is 5.82. The molecule has 3 heteroatoms. The minimum absolute atomic E-state index is 0.0898. The van der Waals surface area contributed by atoms with Gasteiger partial charge in [0.25, 0.3) is 0 Å². The van der Waals surface area contributed by atoms with Gasteiger partial charge in [0, 0.05) is 12.1 Å². The molecule has 0 saturated carbocycles. The molecule has 1 aliphatic rings. The van der Waals surface area contributed by atoms with Crippen molar-refractivity contribution in [1.82, 2.24) is 10.2 Å². The Kier molecular flexibility index (Phi) is 5.64. The minimum Gasteiger partial charge on any atom is -0.350 e. The maximum atomic E-state index is 12.3. The SMILES string of the molecule is CCC(C)CN1CCCCC1C(=O)NC(C)(C)C. The largest absolute Gasteiger partial charge is 0.350 e. The van der Waals surface area contributed by atoms with Crippen molar-refractivity contribution >= 4 is 5.91 Å². The molecule has 0 spiro atoms. The first-order chi connectivity index (χ1) is 8.33. The summed E-state index contributed by atoms with van der Waals surface area (Å²) in [5.74, 6) is 0.888. The number of amides is 1. The van der Waals surface area contributed by atoms with Gasteiger partial charge in [0.1, 0.15) is 0 Å². The highest BCUT2D eigenvalue weighted by Gasteiger charge is 2.30. The molecule has 0 radical (unpaired) electrons. The van der Waals surface area contributed by atoms with Crippen LogP contribution in [0.1, 0.15) is 60.3 Å². The molecule has 3 nitrogen and oxygen atoms in total. The molecule has 18 heavy (non-hydrogen) atoms. The molecule has 0 bridgehead atoms. The van der Waals surface area contributed by atoms with E-state index in [0.717, 1.165) is 19.5 Å². The normalized spacial score (nSPS) is 23.7. The molecule has 2 unspecified atom stereocenters. The third-order valence-electron chi connectivity index (χ3n) is 3.66. The second-order valence-electron chi connectivity index (χ2n) is 6.76. The van der Waals surface area contributed by atoms with Crippen molar-refractivity contribution in [1.29, 1.82) is 0 Å². The van der Waals surface area contributed by atoms with Crippen LogP contribution < -0.4 is 5.32 Å². The summed E-state index contributed by atoms with van der Waals surface area (Å²) < 4.78 is 0. The zero-order chi connectivity index (χ0) is 13.8. The molecule has 1 aliphatic heterocycles. The summed E-state index contributed by atoms with van der Waals surface area (Å²) in [5, 5.41) is 3.13. The number of nitrogens with one attached hydrogen (secondary N) is 1. The summed E-state index contributed by atoms with van der Waals surface area (Å²) in [4.78, 5) is 14.7. The van der Waals surface area contributed by atoms with Crippen LogP contribution >= 0.6 is 0 Å². The van der Waals surface area contributed by atoms with Crippen LogP contribution in [0.2, 0.25) is 0 Å². The van der Waals surface area contributed by atoms with Gasteiger partial charge in [-0.1, -0.05) is 26.7 Å². The Morgan fingerprint density at radius 2 is 2.06 bits per heavy atom. The van der Waals surface area contributed by atoms with E-state index in [2.05, 4.69) is 24.1 Å². The van der Waals surface area contributed by atoms with Crippen LogP contribution in [0.5, 0.6) is 0 Å². The van der Waals surface area contributed by atoms with E-state index in [9.17, 15) is 4.79 Å². The highest BCUT2D eigenvalue weighted by Crippen LogP contribution is 2.20. The first-order valence-electron chi connectivity index (χ1n) is 7.39. The van der Waals surface area contributed by atoms with Crippen molar-refractivity contribution in [2.24, 2.45) is 5.92 Å². The number of carbonyl (C=O) groups excluding carboxylic acids is 1. The topological polar surface area (TPSA) is 32.3 Å². The van der Waals surface area contributed by atoms with Gasteiger partial charge in [-0.2, -0.15) is 0 Å². The van der Waals surface area contributed by atoms with Crippen molar-refractivity contribution in [3.63, 3.8) is 0 Å². The summed E-state index contributed by atoms with van der Waals surface area (Å²) in [7, 11) is 0. The number of hydrogen-bond donors (Lipinski definition) is 1. The summed E-state index contributed by atoms with van der Waals surface area (Å²) in [6.45, 7) is 12.8. The minimum atomic E-state index is -0.128. The van der Waals surface area contributed by atoms with E-state index in [0.29, 0.717) is 5.92 Å². The van der Waals surface area contributed by atoms with Crippen LogP contribution in [-0.2, 0) is 4.79 Å². The van der Waals surface area contributed by atoms with Crippen LogP contribution in [0.4, 0.5) is 0 Å². The summed E-state index contributed by atoms with van der Waals surface area (Å²) in [5.41, 5.74) is -0.128. The van der Waals surface area contributed by atoms with Gasteiger partial charge in [-0.05, 0) is 46.1 Å². The second-order valence-corrected chi connectivity index (χ2v) is 6.76. The number of carbonyl (C=O) groups is 1. The van der Waals surface area contributed by atoms with Crippen molar-refractivity contribution in [2.75, 3.05) is 13.1 Å². The van der Waals surface area contributed by atoms with Gasteiger partial charge in [-0.15, -0.1) is 0 Å². The standard InChI is InChI=1S/C15H30N2O/c1-6-12(2)11-17-10-8-7-9-13(17)14(18)16-15(3,4)5/h12-13H,6-11H2,1-5H3,(H,16,18). The second kappa shape index (κ2) is 6.55. The molecule has 0 aromatic heterocycles. The van der Waals surface area contributed by atoms with Crippen molar-refractivity contribution < 1.29 is 4.79 Å². The quantitative estimate of drug-likeness (QED) is 0.836. The van der Waals surface area contributed by atoms with Gasteiger partial charge in [-0.25, -0.2) is 0 Å². The fourth-order valence-corrected chi connectivity index (χ4v) is 2.49. The molecular weight excluding hydrogens is 224 g/mol.